The molecule has 0 saturated carbocycles. The molecule has 0 atom stereocenters. The predicted molar refractivity (Wildman–Crippen MR) is 62.9 cm³/mol. The maximum absolute atomic E-state index is 10.2. The minimum atomic E-state index is -0.483. The van der Waals surface area contributed by atoms with Gasteiger partial charge >= 0.3 is 0 Å². The quantitative estimate of drug-likeness (QED) is 0.421. The van der Waals surface area contributed by atoms with Crippen LogP contribution in [0.25, 0.3) is 6.08 Å². The van der Waals surface area contributed by atoms with Crippen LogP contribution < -0.4 is 4.74 Å². The first-order chi connectivity index (χ1) is 7.74. The first kappa shape index (κ1) is 12.2. The molecule has 0 aliphatic heterocycles. The number of benzene rings is 1. The summed E-state index contributed by atoms with van der Waals surface area (Å²) in [7, 11) is 0. The Morgan fingerprint density at radius 2 is 2.19 bits per heavy atom. The molecule has 0 spiro atoms. The fraction of sp³-hybridized carbons (Fsp3) is 0.333. The summed E-state index contributed by atoms with van der Waals surface area (Å²) in [6, 6.07) is 7.29. The lowest BCUT2D eigenvalue weighted by molar-refractivity contribution is -0.400. The van der Waals surface area contributed by atoms with Gasteiger partial charge in [-0.05, 0) is 12.5 Å². The van der Waals surface area contributed by atoms with Gasteiger partial charge in [-0.1, -0.05) is 31.5 Å². The van der Waals surface area contributed by atoms with Crippen LogP contribution in [0.2, 0.25) is 0 Å². The van der Waals surface area contributed by atoms with Gasteiger partial charge in [-0.15, -0.1) is 0 Å². The summed E-state index contributed by atoms with van der Waals surface area (Å²) in [6.07, 6.45) is 4.41. The van der Waals surface area contributed by atoms with E-state index in [1.54, 1.807) is 6.07 Å². The van der Waals surface area contributed by atoms with Crippen LogP contribution in [0.1, 0.15) is 25.3 Å². The van der Waals surface area contributed by atoms with Crippen molar-refractivity contribution in [1.82, 2.24) is 0 Å². The monoisotopic (exact) mass is 221 g/mol. The summed E-state index contributed by atoms with van der Waals surface area (Å²) in [5.74, 6) is 0.689. The smallest absolute Gasteiger partial charge is 0.235 e. The molecule has 0 fully saturated rings. The maximum Gasteiger partial charge on any atom is 0.235 e. The van der Waals surface area contributed by atoms with Gasteiger partial charge in [0.25, 0.3) is 0 Å². The molecule has 0 radical (unpaired) electrons. The van der Waals surface area contributed by atoms with Gasteiger partial charge in [0.1, 0.15) is 5.75 Å². The highest BCUT2D eigenvalue weighted by atomic mass is 16.6. The normalized spacial score (nSPS) is 10.6. The number of hydrogen-bond acceptors (Lipinski definition) is 3. The SMILES string of the molecule is CCCCOc1ccccc1/C=C/[N+](=O)[O-]. The van der Waals surface area contributed by atoms with E-state index in [4.69, 9.17) is 4.74 Å². The Morgan fingerprint density at radius 3 is 2.88 bits per heavy atom. The van der Waals surface area contributed by atoms with Crippen LogP contribution in [-0.4, -0.2) is 11.5 Å². The second-order valence-electron chi connectivity index (χ2n) is 3.34. The van der Waals surface area contributed by atoms with E-state index in [0.29, 0.717) is 12.4 Å². The Hall–Kier alpha value is -1.84. The minimum Gasteiger partial charge on any atom is -0.493 e. The summed E-state index contributed by atoms with van der Waals surface area (Å²) in [6.45, 7) is 2.72. The average molecular weight is 221 g/mol. The van der Waals surface area contributed by atoms with E-state index in [2.05, 4.69) is 6.92 Å². The molecule has 4 heteroatoms. The molecule has 0 N–H and O–H groups in total. The van der Waals surface area contributed by atoms with Crippen molar-refractivity contribution in [3.8, 4) is 5.75 Å². The van der Waals surface area contributed by atoms with Gasteiger partial charge in [-0.2, -0.15) is 0 Å². The summed E-state index contributed by atoms with van der Waals surface area (Å²) in [5.41, 5.74) is 0.732. The van der Waals surface area contributed by atoms with Crippen LogP contribution in [0.3, 0.4) is 0 Å². The first-order valence-electron chi connectivity index (χ1n) is 5.27. The highest BCUT2D eigenvalue weighted by molar-refractivity contribution is 5.56. The van der Waals surface area contributed by atoms with Crippen LogP contribution in [0.4, 0.5) is 0 Å². The van der Waals surface area contributed by atoms with Crippen molar-refractivity contribution in [3.63, 3.8) is 0 Å². The molecule has 0 bridgehead atoms. The topological polar surface area (TPSA) is 52.4 Å². The second kappa shape index (κ2) is 6.61. The molecular weight excluding hydrogens is 206 g/mol. The summed E-state index contributed by atoms with van der Waals surface area (Å²) >= 11 is 0. The van der Waals surface area contributed by atoms with Crippen LogP contribution in [0.5, 0.6) is 5.75 Å². The van der Waals surface area contributed by atoms with Crippen LogP contribution >= 0.6 is 0 Å². The second-order valence-corrected chi connectivity index (χ2v) is 3.34. The number of para-hydroxylation sites is 1. The van der Waals surface area contributed by atoms with Crippen LogP contribution in [0, 0.1) is 10.1 Å². The van der Waals surface area contributed by atoms with Crippen molar-refractivity contribution < 1.29 is 9.66 Å². The van der Waals surface area contributed by atoms with Gasteiger partial charge in [0.05, 0.1) is 11.5 Å². The lowest BCUT2D eigenvalue weighted by atomic mass is 10.2. The zero-order chi connectivity index (χ0) is 11.8. The van der Waals surface area contributed by atoms with Crippen molar-refractivity contribution in [2.75, 3.05) is 6.61 Å². The van der Waals surface area contributed by atoms with Crippen LogP contribution in [-0.2, 0) is 0 Å². The standard InChI is InChI=1S/C12H15NO3/c1-2-3-10-16-12-7-5-4-6-11(12)8-9-13(14)15/h4-9H,2-3,10H2,1H3/b9-8+. The maximum atomic E-state index is 10.2. The van der Waals surface area contributed by atoms with Gasteiger partial charge < -0.3 is 4.74 Å². The molecule has 0 amide bonds. The van der Waals surface area contributed by atoms with E-state index in [0.717, 1.165) is 24.6 Å². The predicted octanol–water partition coefficient (Wildman–Crippen LogP) is 3.11. The van der Waals surface area contributed by atoms with E-state index < -0.39 is 4.92 Å². The van der Waals surface area contributed by atoms with E-state index in [1.165, 1.54) is 6.08 Å². The van der Waals surface area contributed by atoms with E-state index in [-0.39, 0.29) is 0 Å². The molecule has 0 aliphatic carbocycles. The molecule has 4 nitrogen and oxygen atoms in total. The van der Waals surface area contributed by atoms with Crippen molar-refractivity contribution in [1.29, 1.82) is 0 Å². The highest BCUT2D eigenvalue weighted by Gasteiger charge is 2.00. The van der Waals surface area contributed by atoms with Gasteiger partial charge in [0.2, 0.25) is 6.20 Å². The molecular formula is C12H15NO3. The zero-order valence-electron chi connectivity index (χ0n) is 9.26. The van der Waals surface area contributed by atoms with E-state index in [1.807, 2.05) is 18.2 Å². The Kier molecular flexibility index (Phi) is 5.05. The Morgan fingerprint density at radius 1 is 1.44 bits per heavy atom. The molecule has 0 saturated heterocycles. The molecule has 1 aromatic rings. The molecule has 1 rings (SSSR count). The zero-order valence-corrected chi connectivity index (χ0v) is 9.26. The van der Waals surface area contributed by atoms with Gasteiger partial charge in [0.15, 0.2) is 0 Å². The first-order valence-corrected chi connectivity index (χ1v) is 5.27. The number of nitrogens with zero attached hydrogens (tertiary/aromatic N) is 1. The van der Waals surface area contributed by atoms with Gasteiger partial charge in [-0.25, -0.2) is 0 Å². The third-order valence-corrected chi connectivity index (χ3v) is 2.05. The molecule has 0 heterocycles. The molecule has 0 aromatic heterocycles. The van der Waals surface area contributed by atoms with E-state index in [9.17, 15) is 10.1 Å². The summed E-state index contributed by atoms with van der Waals surface area (Å²) < 4.78 is 5.54. The number of nitro groups is 1. The lowest BCUT2D eigenvalue weighted by Crippen LogP contribution is -1.97. The fourth-order valence-electron chi connectivity index (χ4n) is 1.22. The third kappa shape index (κ3) is 4.13. The summed E-state index contributed by atoms with van der Waals surface area (Å²) in [5, 5.41) is 10.2. The lowest BCUT2D eigenvalue weighted by Gasteiger charge is -2.07. The van der Waals surface area contributed by atoms with Crippen LogP contribution in [0.15, 0.2) is 30.5 Å². The highest BCUT2D eigenvalue weighted by Crippen LogP contribution is 2.19. The number of rotatable bonds is 6. The number of hydrogen-bond donors (Lipinski definition) is 0. The van der Waals surface area contributed by atoms with Gasteiger partial charge in [0, 0.05) is 11.6 Å². The molecule has 0 aliphatic rings. The molecule has 1 aromatic carbocycles. The van der Waals surface area contributed by atoms with Crippen molar-refractivity contribution in [2.24, 2.45) is 0 Å². The largest absolute Gasteiger partial charge is 0.493 e. The van der Waals surface area contributed by atoms with Crippen molar-refractivity contribution in [3.05, 3.63) is 46.1 Å². The Balaban J connectivity index is 2.71. The van der Waals surface area contributed by atoms with Gasteiger partial charge in [-0.3, -0.25) is 10.1 Å². The number of ether oxygens (including phenoxy) is 1. The Bertz CT molecular complexity index is 374. The minimum absolute atomic E-state index is 0.483. The average Bonchev–Trinajstić information content (AvgIpc) is 2.28. The Labute approximate surface area is 94.7 Å². The summed E-state index contributed by atoms with van der Waals surface area (Å²) in [4.78, 5) is 9.74. The number of unbranched alkanes of at least 4 members (excludes halogenated alkanes) is 1. The molecule has 0 unspecified atom stereocenters. The third-order valence-electron chi connectivity index (χ3n) is 2.05. The van der Waals surface area contributed by atoms with Crippen molar-refractivity contribution in [2.45, 2.75) is 19.8 Å². The van der Waals surface area contributed by atoms with Crippen molar-refractivity contribution >= 4 is 6.08 Å². The van der Waals surface area contributed by atoms with E-state index >= 15 is 0 Å². The fourth-order valence-corrected chi connectivity index (χ4v) is 1.22. The molecule has 16 heavy (non-hydrogen) atoms. The molecule has 86 valence electrons.